The molecule has 0 spiro atoms. The number of nitrogens with one attached hydrogen (secondary N) is 1. The summed E-state index contributed by atoms with van der Waals surface area (Å²) in [7, 11) is 1.73. The Hall–Kier alpha value is -2.41. The van der Waals surface area contributed by atoms with E-state index in [0.717, 1.165) is 45.9 Å². The zero-order valence-electron chi connectivity index (χ0n) is 18.0. The molecule has 0 radical (unpaired) electrons. The third-order valence-corrected chi connectivity index (χ3v) is 6.50. The number of halogens is 1. The fraction of sp³-hybridized carbons (Fsp3) is 0.333. The van der Waals surface area contributed by atoms with Gasteiger partial charge in [0.05, 0.1) is 28.5 Å². The van der Waals surface area contributed by atoms with Crippen molar-refractivity contribution in [3.63, 3.8) is 0 Å². The first-order valence-corrected chi connectivity index (χ1v) is 11.2. The minimum Gasteiger partial charge on any atom is -0.385 e. The molecule has 2 atom stereocenters. The molecule has 0 saturated carbocycles. The standard InChI is InChI=1S/C24H27ClN4OS/c1-16-15-18(17(2)29(16)21-11-5-4-9-19(21)25)23-22(20-10-6-7-12-26-20)27-24(31)28(23)13-8-14-30-3/h4-7,9-12,15,22-23H,8,13-14H2,1-3H3,(H,27,31). The average molecular weight is 455 g/mol. The number of aromatic nitrogens is 2. The number of benzene rings is 1. The molecule has 1 N–H and O–H groups in total. The van der Waals surface area contributed by atoms with Crippen molar-refractivity contribution >= 4 is 28.9 Å². The maximum absolute atomic E-state index is 6.54. The lowest BCUT2D eigenvalue weighted by molar-refractivity contribution is 0.180. The van der Waals surface area contributed by atoms with Crippen LogP contribution in [0.25, 0.3) is 5.69 Å². The van der Waals surface area contributed by atoms with Crippen LogP contribution in [0.5, 0.6) is 0 Å². The Morgan fingerprint density at radius 2 is 1.94 bits per heavy atom. The topological polar surface area (TPSA) is 42.3 Å². The quantitative estimate of drug-likeness (QED) is 0.395. The number of nitrogens with zero attached hydrogens (tertiary/aromatic N) is 3. The van der Waals surface area contributed by atoms with E-state index in [1.54, 1.807) is 7.11 Å². The third-order valence-electron chi connectivity index (χ3n) is 5.83. The molecule has 3 aromatic rings. The largest absolute Gasteiger partial charge is 0.385 e. The molecule has 1 aliphatic rings. The fourth-order valence-electron chi connectivity index (χ4n) is 4.45. The zero-order valence-corrected chi connectivity index (χ0v) is 19.6. The summed E-state index contributed by atoms with van der Waals surface area (Å²) < 4.78 is 7.51. The number of thiocarbonyl (C=S) groups is 1. The van der Waals surface area contributed by atoms with Gasteiger partial charge in [0.25, 0.3) is 0 Å². The highest BCUT2D eigenvalue weighted by Crippen LogP contribution is 2.41. The first-order valence-electron chi connectivity index (χ1n) is 10.4. The van der Waals surface area contributed by atoms with Gasteiger partial charge >= 0.3 is 0 Å². The van der Waals surface area contributed by atoms with Gasteiger partial charge in [-0.1, -0.05) is 29.8 Å². The van der Waals surface area contributed by atoms with Crippen molar-refractivity contribution < 1.29 is 4.74 Å². The monoisotopic (exact) mass is 454 g/mol. The van der Waals surface area contributed by atoms with E-state index < -0.39 is 0 Å². The van der Waals surface area contributed by atoms with Crippen molar-refractivity contribution in [1.82, 2.24) is 19.8 Å². The average Bonchev–Trinajstić information content (AvgIpc) is 3.25. The highest BCUT2D eigenvalue weighted by molar-refractivity contribution is 7.80. The van der Waals surface area contributed by atoms with Crippen LogP contribution < -0.4 is 5.32 Å². The van der Waals surface area contributed by atoms with E-state index in [2.05, 4.69) is 51.8 Å². The number of para-hydroxylation sites is 1. The number of rotatable bonds is 7. The van der Waals surface area contributed by atoms with Crippen molar-refractivity contribution in [2.45, 2.75) is 32.4 Å². The summed E-state index contributed by atoms with van der Waals surface area (Å²) in [5.74, 6) is 0. The molecule has 1 aromatic carbocycles. The third kappa shape index (κ3) is 4.20. The summed E-state index contributed by atoms with van der Waals surface area (Å²) >= 11 is 12.3. The van der Waals surface area contributed by atoms with E-state index in [1.807, 2.05) is 36.5 Å². The highest BCUT2D eigenvalue weighted by atomic mass is 35.5. The van der Waals surface area contributed by atoms with Gasteiger partial charge in [0.2, 0.25) is 0 Å². The second kappa shape index (κ2) is 9.39. The summed E-state index contributed by atoms with van der Waals surface area (Å²) in [6.07, 6.45) is 2.73. The molecule has 2 unspecified atom stereocenters. The lowest BCUT2D eigenvalue weighted by Gasteiger charge is -2.28. The fourth-order valence-corrected chi connectivity index (χ4v) is 5.01. The van der Waals surface area contributed by atoms with E-state index in [0.29, 0.717) is 6.61 Å². The molecule has 0 aliphatic carbocycles. The first-order chi connectivity index (χ1) is 15.0. The minimum absolute atomic E-state index is 0.0293. The Kier molecular flexibility index (Phi) is 6.60. The molecule has 1 fully saturated rings. The summed E-state index contributed by atoms with van der Waals surface area (Å²) in [5.41, 5.74) is 5.47. The highest BCUT2D eigenvalue weighted by Gasteiger charge is 2.41. The smallest absolute Gasteiger partial charge is 0.170 e. The molecule has 3 heterocycles. The molecule has 0 amide bonds. The Morgan fingerprint density at radius 1 is 1.16 bits per heavy atom. The maximum atomic E-state index is 6.54. The van der Waals surface area contributed by atoms with Gasteiger partial charge in [-0.2, -0.15) is 0 Å². The zero-order chi connectivity index (χ0) is 22.0. The Labute approximate surface area is 194 Å². The molecule has 5 nitrogen and oxygen atoms in total. The van der Waals surface area contributed by atoms with Crippen molar-refractivity contribution in [2.24, 2.45) is 0 Å². The second-order valence-electron chi connectivity index (χ2n) is 7.78. The Balaban J connectivity index is 1.80. The van der Waals surface area contributed by atoms with E-state index in [1.165, 1.54) is 5.56 Å². The van der Waals surface area contributed by atoms with Gasteiger partial charge in [-0.05, 0) is 68.4 Å². The summed E-state index contributed by atoms with van der Waals surface area (Å²) in [6.45, 7) is 5.77. The van der Waals surface area contributed by atoms with Crippen LogP contribution >= 0.6 is 23.8 Å². The number of hydrogen-bond donors (Lipinski definition) is 1. The number of methoxy groups -OCH3 is 1. The molecule has 0 bridgehead atoms. The molecule has 1 aliphatic heterocycles. The van der Waals surface area contributed by atoms with Crippen LogP contribution in [0.15, 0.2) is 54.7 Å². The van der Waals surface area contributed by atoms with Gasteiger partial charge < -0.3 is 19.5 Å². The van der Waals surface area contributed by atoms with Crippen LogP contribution in [-0.4, -0.2) is 39.8 Å². The lowest BCUT2D eigenvalue weighted by Crippen LogP contribution is -2.31. The van der Waals surface area contributed by atoms with E-state index in [-0.39, 0.29) is 12.1 Å². The van der Waals surface area contributed by atoms with Crippen LogP contribution in [0.3, 0.4) is 0 Å². The van der Waals surface area contributed by atoms with Crippen LogP contribution in [0, 0.1) is 13.8 Å². The van der Waals surface area contributed by atoms with E-state index in [4.69, 9.17) is 28.6 Å². The first kappa shape index (κ1) is 21.8. The van der Waals surface area contributed by atoms with Crippen LogP contribution in [0.2, 0.25) is 5.02 Å². The van der Waals surface area contributed by atoms with Crippen LogP contribution in [0.4, 0.5) is 0 Å². The molecular weight excluding hydrogens is 428 g/mol. The van der Waals surface area contributed by atoms with Crippen molar-refractivity contribution in [3.05, 3.63) is 82.4 Å². The van der Waals surface area contributed by atoms with Gasteiger partial charge in [-0.3, -0.25) is 4.98 Å². The predicted octanol–water partition coefficient (Wildman–Crippen LogP) is 5.15. The van der Waals surface area contributed by atoms with Crippen molar-refractivity contribution in [1.29, 1.82) is 0 Å². The summed E-state index contributed by atoms with van der Waals surface area (Å²) in [5, 5.41) is 5.00. The maximum Gasteiger partial charge on any atom is 0.170 e. The predicted molar refractivity (Wildman–Crippen MR) is 129 cm³/mol. The van der Waals surface area contributed by atoms with Gasteiger partial charge in [0.1, 0.15) is 0 Å². The minimum atomic E-state index is -0.0311. The number of hydrogen-bond acceptors (Lipinski definition) is 3. The molecule has 2 aromatic heterocycles. The number of pyridine rings is 1. The van der Waals surface area contributed by atoms with Crippen LogP contribution in [0.1, 0.15) is 41.1 Å². The lowest BCUT2D eigenvalue weighted by atomic mass is 9.96. The second-order valence-corrected chi connectivity index (χ2v) is 8.57. The van der Waals surface area contributed by atoms with Crippen molar-refractivity contribution in [2.75, 3.05) is 20.3 Å². The van der Waals surface area contributed by atoms with Gasteiger partial charge in [0.15, 0.2) is 5.11 Å². The van der Waals surface area contributed by atoms with E-state index >= 15 is 0 Å². The van der Waals surface area contributed by atoms with Crippen LogP contribution in [-0.2, 0) is 4.74 Å². The molecule has 31 heavy (non-hydrogen) atoms. The SMILES string of the molecule is COCCCN1C(=S)NC(c2ccccn2)C1c1cc(C)n(-c2ccccc2Cl)c1C. The number of ether oxygens (including phenoxy) is 1. The molecule has 4 rings (SSSR count). The van der Waals surface area contributed by atoms with Gasteiger partial charge in [0, 0.05) is 37.8 Å². The number of aryl methyl sites for hydroxylation is 1. The molecular formula is C24H27ClN4OS. The van der Waals surface area contributed by atoms with E-state index in [9.17, 15) is 0 Å². The molecule has 7 heteroatoms. The Bertz CT molecular complexity index is 1070. The van der Waals surface area contributed by atoms with Gasteiger partial charge in [-0.15, -0.1) is 0 Å². The molecule has 1 saturated heterocycles. The summed E-state index contributed by atoms with van der Waals surface area (Å²) in [6, 6.07) is 16.2. The normalized spacial score (nSPS) is 18.5. The van der Waals surface area contributed by atoms with Gasteiger partial charge in [-0.25, -0.2) is 0 Å². The van der Waals surface area contributed by atoms with Crippen molar-refractivity contribution in [3.8, 4) is 5.69 Å². The Morgan fingerprint density at radius 3 is 2.65 bits per heavy atom. The molecule has 162 valence electrons. The summed E-state index contributed by atoms with van der Waals surface area (Å²) in [4.78, 5) is 6.90.